The standard InChI is InChI=1S/C29H38FN5O3/c1-18(2)32-26(36)21-8-12-23(13-9-21)35-25-15-19(16-31-17-29(3,4)38)5-14-24(25)33-28(35)34-27(37)20-6-10-22(30)11-7-20/h5-7,10-11,14-15,18,21,23,31,38H,8-9,12-13,16-17H2,1-4H3,(H,32,36)(H,33,34,37). The highest BCUT2D eigenvalue weighted by Gasteiger charge is 2.29. The second kappa shape index (κ2) is 11.6. The number of carbonyl (C=O) groups is 2. The molecule has 1 heterocycles. The number of fused-ring (bicyclic) bond motifs is 1. The first-order chi connectivity index (χ1) is 18.0. The van der Waals surface area contributed by atoms with E-state index >= 15 is 0 Å². The fourth-order valence-electron chi connectivity index (χ4n) is 5.00. The second-order valence-electron chi connectivity index (χ2n) is 11.2. The van der Waals surface area contributed by atoms with Crippen molar-refractivity contribution in [2.24, 2.45) is 10.9 Å². The number of halogens is 1. The summed E-state index contributed by atoms with van der Waals surface area (Å²) in [5, 5.41) is 16.3. The quantitative estimate of drug-likeness (QED) is 0.358. The maximum Gasteiger partial charge on any atom is 0.280 e. The number of hydrogen-bond donors (Lipinski definition) is 4. The highest BCUT2D eigenvalue weighted by atomic mass is 19.1. The van der Waals surface area contributed by atoms with Crippen LogP contribution in [0.3, 0.4) is 0 Å². The van der Waals surface area contributed by atoms with E-state index in [4.69, 9.17) is 0 Å². The molecule has 0 radical (unpaired) electrons. The SMILES string of the molecule is CC(C)NC(=O)C1CCC(n2/c(=N\C(=O)c3ccc(F)cc3)[nH]c3ccc(CNCC(C)(C)O)cc32)CC1. The third-order valence-corrected chi connectivity index (χ3v) is 6.85. The van der Waals surface area contributed by atoms with E-state index in [1.807, 2.05) is 26.0 Å². The van der Waals surface area contributed by atoms with Crippen molar-refractivity contribution in [2.75, 3.05) is 6.54 Å². The van der Waals surface area contributed by atoms with Crippen molar-refractivity contribution in [3.63, 3.8) is 0 Å². The first-order valence-corrected chi connectivity index (χ1v) is 13.3. The van der Waals surface area contributed by atoms with Crippen molar-refractivity contribution >= 4 is 22.8 Å². The van der Waals surface area contributed by atoms with E-state index < -0.39 is 17.3 Å². The van der Waals surface area contributed by atoms with Crippen LogP contribution in [-0.4, -0.2) is 44.7 Å². The Balaban J connectivity index is 1.67. The minimum atomic E-state index is -0.814. The van der Waals surface area contributed by atoms with Gasteiger partial charge in [0.1, 0.15) is 5.82 Å². The van der Waals surface area contributed by atoms with Gasteiger partial charge in [-0.2, -0.15) is 4.99 Å². The lowest BCUT2D eigenvalue weighted by Crippen LogP contribution is -2.38. The number of rotatable bonds is 8. The van der Waals surface area contributed by atoms with E-state index in [9.17, 15) is 19.1 Å². The average Bonchev–Trinajstić information content (AvgIpc) is 3.20. The molecule has 0 bridgehead atoms. The van der Waals surface area contributed by atoms with E-state index in [-0.39, 0.29) is 23.9 Å². The highest BCUT2D eigenvalue weighted by Crippen LogP contribution is 2.33. The summed E-state index contributed by atoms with van der Waals surface area (Å²) in [6, 6.07) is 11.6. The van der Waals surface area contributed by atoms with E-state index in [2.05, 4.69) is 31.2 Å². The molecule has 1 aliphatic rings. The van der Waals surface area contributed by atoms with Crippen LogP contribution in [0.15, 0.2) is 47.5 Å². The summed E-state index contributed by atoms with van der Waals surface area (Å²) in [5.74, 6) is -0.796. The summed E-state index contributed by atoms with van der Waals surface area (Å²) in [7, 11) is 0. The number of aromatic amines is 1. The van der Waals surface area contributed by atoms with Crippen LogP contribution < -0.4 is 16.3 Å². The molecule has 1 aromatic heterocycles. The number of nitrogens with one attached hydrogen (secondary N) is 3. The zero-order valence-corrected chi connectivity index (χ0v) is 22.6. The maximum absolute atomic E-state index is 13.4. The number of imidazole rings is 1. The van der Waals surface area contributed by atoms with Gasteiger partial charge in [0.2, 0.25) is 11.5 Å². The van der Waals surface area contributed by atoms with Crippen molar-refractivity contribution in [1.82, 2.24) is 20.2 Å². The molecule has 1 aliphatic carbocycles. The van der Waals surface area contributed by atoms with Crippen molar-refractivity contribution in [1.29, 1.82) is 0 Å². The van der Waals surface area contributed by atoms with Crippen molar-refractivity contribution in [3.8, 4) is 0 Å². The monoisotopic (exact) mass is 523 g/mol. The zero-order valence-electron chi connectivity index (χ0n) is 22.6. The molecule has 1 saturated carbocycles. The number of aliphatic hydroxyl groups is 1. The van der Waals surface area contributed by atoms with Crippen LogP contribution in [0.5, 0.6) is 0 Å². The van der Waals surface area contributed by atoms with Gasteiger partial charge < -0.3 is 25.3 Å². The average molecular weight is 524 g/mol. The predicted molar refractivity (Wildman–Crippen MR) is 145 cm³/mol. The summed E-state index contributed by atoms with van der Waals surface area (Å²) < 4.78 is 15.4. The lowest BCUT2D eigenvalue weighted by atomic mass is 9.85. The van der Waals surface area contributed by atoms with Crippen LogP contribution in [0.25, 0.3) is 11.0 Å². The summed E-state index contributed by atoms with van der Waals surface area (Å²) in [5.41, 5.74) is 2.74. The Bertz CT molecular complexity index is 1340. The molecule has 9 heteroatoms. The van der Waals surface area contributed by atoms with Gasteiger partial charge in [0.05, 0.1) is 16.6 Å². The molecular formula is C29H38FN5O3. The fourth-order valence-corrected chi connectivity index (χ4v) is 5.00. The van der Waals surface area contributed by atoms with Gasteiger partial charge >= 0.3 is 0 Å². The number of aromatic nitrogens is 2. The van der Waals surface area contributed by atoms with Gasteiger partial charge in [-0.1, -0.05) is 6.07 Å². The molecule has 0 unspecified atom stereocenters. The number of carbonyl (C=O) groups excluding carboxylic acids is 2. The molecular weight excluding hydrogens is 485 g/mol. The van der Waals surface area contributed by atoms with Crippen molar-refractivity contribution in [3.05, 3.63) is 65.0 Å². The molecule has 0 aliphatic heterocycles. The molecule has 1 fully saturated rings. The molecule has 0 saturated heterocycles. The van der Waals surface area contributed by atoms with Crippen LogP contribution in [0, 0.1) is 11.7 Å². The van der Waals surface area contributed by atoms with Crippen LogP contribution >= 0.6 is 0 Å². The van der Waals surface area contributed by atoms with E-state index in [0.717, 1.165) is 42.3 Å². The minimum absolute atomic E-state index is 0.0257. The van der Waals surface area contributed by atoms with Gasteiger partial charge in [-0.05, 0) is 95.3 Å². The Morgan fingerprint density at radius 3 is 2.45 bits per heavy atom. The maximum atomic E-state index is 13.4. The van der Waals surface area contributed by atoms with Gasteiger partial charge in [0.15, 0.2) is 0 Å². The molecule has 38 heavy (non-hydrogen) atoms. The Morgan fingerprint density at radius 1 is 1.13 bits per heavy atom. The van der Waals surface area contributed by atoms with Gasteiger partial charge in [-0.15, -0.1) is 0 Å². The summed E-state index contributed by atoms with van der Waals surface area (Å²) in [6.45, 7) is 8.47. The third kappa shape index (κ3) is 6.96. The summed E-state index contributed by atoms with van der Waals surface area (Å²) >= 11 is 0. The van der Waals surface area contributed by atoms with Crippen molar-refractivity contribution < 1.29 is 19.1 Å². The van der Waals surface area contributed by atoms with E-state index in [0.29, 0.717) is 24.3 Å². The Hall–Kier alpha value is -3.30. The number of hydrogen-bond acceptors (Lipinski definition) is 4. The number of nitrogens with zero attached hydrogens (tertiary/aromatic N) is 2. The molecule has 0 atom stereocenters. The fraction of sp³-hybridized carbons (Fsp3) is 0.483. The lowest BCUT2D eigenvalue weighted by molar-refractivity contribution is -0.126. The largest absolute Gasteiger partial charge is 0.389 e. The van der Waals surface area contributed by atoms with Crippen LogP contribution in [0.1, 0.15) is 75.3 Å². The van der Waals surface area contributed by atoms with E-state index in [1.54, 1.807) is 13.8 Å². The first-order valence-electron chi connectivity index (χ1n) is 13.3. The molecule has 204 valence electrons. The van der Waals surface area contributed by atoms with E-state index in [1.165, 1.54) is 24.3 Å². The summed E-state index contributed by atoms with van der Waals surface area (Å²) in [6.07, 6.45) is 3.06. The number of H-pyrrole nitrogens is 1. The predicted octanol–water partition coefficient (Wildman–Crippen LogP) is 3.97. The first kappa shape index (κ1) is 27.7. The van der Waals surface area contributed by atoms with Crippen molar-refractivity contribution in [2.45, 2.75) is 77.6 Å². The molecule has 2 aromatic carbocycles. The molecule has 3 aromatic rings. The van der Waals surface area contributed by atoms with Gasteiger partial charge in [-0.25, -0.2) is 4.39 Å². The topological polar surface area (TPSA) is 112 Å². The second-order valence-corrected chi connectivity index (χ2v) is 11.2. The smallest absolute Gasteiger partial charge is 0.280 e. The van der Waals surface area contributed by atoms with Crippen LogP contribution in [0.2, 0.25) is 0 Å². The third-order valence-electron chi connectivity index (χ3n) is 6.85. The molecule has 4 rings (SSSR count). The molecule has 2 amide bonds. The lowest BCUT2D eigenvalue weighted by Gasteiger charge is -2.29. The van der Waals surface area contributed by atoms with Crippen LogP contribution in [0.4, 0.5) is 4.39 Å². The molecule has 8 nitrogen and oxygen atoms in total. The van der Waals surface area contributed by atoms with Gasteiger partial charge in [0.25, 0.3) is 5.91 Å². The molecule has 4 N–H and O–H groups in total. The summed E-state index contributed by atoms with van der Waals surface area (Å²) in [4.78, 5) is 33.3. The Labute approximate surface area is 222 Å². The number of amides is 2. The van der Waals surface area contributed by atoms with Gasteiger partial charge in [0, 0.05) is 36.7 Å². The highest BCUT2D eigenvalue weighted by molar-refractivity contribution is 5.95. The Kier molecular flexibility index (Phi) is 8.47. The van der Waals surface area contributed by atoms with Gasteiger partial charge in [-0.3, -0.25) is 9.59 Å². The number of benzene rings is 2. The van der Waals surface area contributed by atoms with Crippen LogP contribution in [-0.2, 0) is 11.3 Å². The zero-order chi connectivity index (χ0) is 27.4. The molecule has 0 spiro atoms. The minimum Gasteiger partial charge on any atom is -0.389 e. The normalized spacial score (nSPS) is 18.8. The Morgan fingerprint density at radius 2 is 1.82 bits per heavy atom.